The van der Waals surface area contributed by atoms with Crippen LogP contribution in [-0.4, -0.2) is 24.8 Å². The lowest BCUT2D eigenvalue weighted by Crippen LogP contribution is -2.40. The summed E-state index contributed by atoms with van der Waals surface area (Å²) in [4.78, 5) is 29.5. The molecule has 0 spiro atoms. The highest BCUT2D eigenvalue weighted by molar-refractivity contribution is 6.05. The molecule has 1 aliphatic heterocycles. The molecule has 224 valence electrons. The predicted octanol–water partition coefficient (Wildman–Crippen LogP) is 8.00. The van der Waals surface area contributed by atoms with Gasteiger partial charge in [0.05, 0.1) is 5.92 Å². The van der Waals surface area contributed by atoms with E-state index in [0.717, 1.165) is 60.2 Å². The van der Waals surface area contributed by atoms with Crippen molar-refractivity contribution >= 4 is 17.4 Å². The monoisotopic (exact) mass is 590 g/mol. The van der Waals surface area contributed by atoms with Crippen LogP contribution in [-0.2, 0) is 24.2 Å². The molecule has 7 rings (SSSR count). The summed E-state index contributed by atoms with van der Waals surface area (Å²) in [7, 11) is 0. The van der Waals surface area contributed by atoms with Crippen LogP contribution in [0.15, 0.2) is 127 Å². The molecule has 0 radical (unpaired) electrons. The number of piperidine rings is 1. The Balaban J connectivity index is 0.996. The second-order valence-corrected chi connectivity index (χ2v) is 12.4. The van der Waals surface area contributed by atoms with Crippen molar-refractivity contribution in [3.63, 3.8) is 0 Å². The van der Waals surface area contributed by atoms with Crippen LogP contribution in [0, 0.1) is 5.92 Å². The van der Waals surface area contributed by atoms with Crippen molar-refractivity contribution in [3.05, 3.63) is 161 Å². The molecule has 1 aliphatic carbocycles. The van der Waals surface area contributed by atoms with Crippen molar-refractivity contribution in [2.75, 3.05) is 18.0 Å². The summed E-state index contributed by atoms with van der Waals surface area (Å²) in [6.07, 6.45) is 3.17. The molecule has 5 aromatic carbocycles. The first-order chi connectivity index (χ1) is 22.1. The topological polar surface area (TPSA) is 49.4 Å². The fourth-order valence-corrected chi connectivity index (χ4v) is 7.21. The van der Waals surface area contributed by atoms with E-state index in [-0.39, 0.29) is 23.5 Å². The van der Waals surface area contributed by atoms with Crippen LogP contribution < -0.4 is 10.2 Å². The maximum Gasteiger partial charge on any atom is 0.228 e. The quantitative estimate of drug-likeness (QED) is 0.174. The number of rotatable bonds is 9. The molecule has 45 heavy (non-hydrogen) atoms. The molecular formula is C41H38N2O2. The number of hydrogen-bond acceptors (Lipinski definition) is 3. The van der Waals surface area contributed by atoms with Gasteiger partial charge in [0.2, 0.25) is 5.91 Å². The standard InChI is InChI=1S/C41H38N2O2/c44-38(37-17-9-15-34-27-33-14-7-8-16-36(33)40(34)37)26-29-18-20-35(21-19-29)43-24-22-32(23-25-43)39(31-12-5-2-6-13-31)41(45)42-28-30-10-3-1-4-11-30/h1-21,32,39H,22-28H2,(H,42,45). The zero-order valence-corrected chi connectivity index (χ0v) is 25.5. The van der Waals surface area contributed by atoms with Crippen LogP contribution in [0.4, 0.5) is 5.69 Å². The Hall–Kier alpha value is -4.96. The van der Waals surface area contributed by atoms with Crippen molar-refractivity contribution in [2.45, 2.75) is 38.1 Å². The summed E-state index contributed by atoms with van der Waals surface area (Å²) in [6.45, 7) is 2.33. The Morgan fingerprint density at radius 1 is 0.689 bits per heavy atom. The van der Waals surface area contributed by atoms with Crippen LogP contribution in [0.3, 0.4) is 0 Å². The third-order valence-electron chi connectivity index (χ3n) is 9.55. The molecule has 1 fully saturated rings. The van der Waals surface area contributed by atoms with E-state index in [9.17, 15) is 9.59 Å². The highest BCUT2D eigenvalue weighted by Crippen LogP contribution is 2.39. The summed E-state index contributed by atoms with van der Waals surface area (Å²) in [5.74, 6) is 0.366. The third kappa shape index (κ3) is 6.19. The minimum Gasteiger partial charge on any atom is -0.372 e. The van der Waals surface area contributed by atoms with Gasteiger partial charge in [-0.05, 0) is 76.3 Å². The fraction of sp³-hybridized carbons (Fsp3) is 0.220. The minimum atomic E-state index is -0.170. The Morgan fingerprint density at radius 3 is 2.11 bits per heavy atom. The molecule has 0 aromatic heterocycles. The number of carbonyl (C=O) groups excluding carboxylic acids is 2. The number of amides is 1. The largest absolute Gasteiger partial charge is 0.372 e. The second-order valence-electron chi connectivity index (χ2n) is 12.4. The highest BCUT2D eigenvalue weighted by atomic mass is 16.2. The van der Waals surface area contributed by atoms with E-state index in [1.54, 1.807) is 0 Å². The van der Waals surface area contributed by atoms with Crippen LogP contribution in [0.2, 0.25) is 0 Å². The lowest BCUT2D eigenvalue weighted by atomic mass is 9.79. The second kappa shape index (κ2) is 13.0. The van der Waals surface area contributed by atoms with E-state index < -0.39 is 0 Å². The van der Waals surface area contributed by atoms with E-state index >= 15 is 0 Å². The van der Waals surface area contributed by atoms with Gasteiger partial charge in [-0.15, -0.1) is 0 Å². The summed E-state index contributed by atoms with van der Waals surface area (Å²) < 4.78 is 0. The van der Waals surface area contributed by atoms with Crippen LogP contribution in [0.5, 0.6) is 0 Å². The number of Topliss-reactive ketones (excluding diaryl/α,β-unsaturated/α-hetero) is 1. The normalized spacial score (nSPS) is 14.8. The Labute approximate surface area is 265 Å². The predicted molar refractivity (Wildman–Crippen MR) is 182 cm³/mol. The molecule has 2 aliphatic rings. The fourth-order valence-electron chi connectivity index (χ4n) is 7.21. The van der Waals surface area contributed by atoms with Gasteiger partial charge in [0.25, 0.3) is 0 Å². The van der Waals surface area contributed by atoms with Crippen LogP contribution >= 0.6 is 0 Å². The number of anilines is 1. The lowest BCUT2D eigenvalue weighted by molar-refractivity contribution is -0.124. The van der Waals surface area contributed by atoms with E-state index in [1.165, 1.54) is 22.4 Å². The van der Waals surface area contributed by atoms with Crippen molar-refractivity contribution in [3.8, 4) is 11.1 Å². The number of nitrogens with zero attached hydrogens (tertiary/aromatic N) is 1. The Kier molecular flexibility index (Phi) is 8.29. The van der Waals surface area contributed by atoms with Crippen LogP contribution in [0.25, 0.3) is 11.1 Å². The van der Waals surface area contributed by atoms with E-state index in [4.69, 9.17) is 0 Å². The summed E-state index contributed by atoms with van der Waals surface area (Å²) in [5.41, 5.74) is 10.1. The minimum absolute atomic E-state index is 0.102. The van der Waals surface area contributed by atoms with Crippen molar-refractivity contribution in [1.29, 1.82) is 0 Å². The molecule has 1 heterocycles. The summed E-state index contributed by atoms with van der Waals surface area (Å²) in [6, 6.07) is 43.4. The molecule has 1 saturated heterocycles. The number of carbonyl (C=O) groups is 2. The lowest BCUT2D eigenvalue weighted by Gasteiger charge is -2.37. The number of fused-ring (bicyclic) bond motifs is 3. The van der Waals surface area contributed by atoms with E-state index in [2.05, 4.69) is 76.9 Å². The van der Waals surface area contributed by atoms with E-state index in [0.29, 0.717) is 13.0 Å². The molecule has 5 aromatic rings. The van der Waals surface area contributed by atoms with Gasteiger partial charge < -0.3 is 10.2 Å². The maximum atomic E-state index is 13.6. The zero-order valence-electron chi connectivity index (χ0n) is 25.5. The molecular weight excluding hydrogens is 552 g/mol. The molecule has 0 bridgehead atoms. The molecule has 1 atom stereocenters. The highest BCUT2D eigenvalue weighted by Gasteiger charge is 2.33. The molecule has 1 N–H and O–H groups in total. The number of benzene rings is 5. The summed E-state index contributed by atoms with van der Waals surface area (Å²) in [5, 5.41) is 3.21. The Morgan fingerprint density at radius 2 is 1.36 bits per heavy atom. The van der Waals surface area contributed by atoms with Gasteiger partial charge in [0.15, 0.2) is 5.78 Å². The van der Waals surface area contributed by atoms with Gasteiger partial charge in [-0.2, -0.15) is 0 Å². The first kappa shape index (κ1) is 28.8. The van der Waals surface area contributed by atoms with Crippen LogP contribution in [0.1, 0.15) is 56.9 Å². The SMILES string of the molecule is O=C(Cc1ccc(N2CCC(C(C(=O)NCc3ccccc3)c3ccccc3)CC2)cc1)c1cccc2c1-c1ccccc1C2. The number of hydrogen-bond donors (Lipinski definition) is 1. The summed E-state index contributed by atoms with van der Waals surface area (Å²) >= 11 is 0. The number of nitrogens with one attached hydrogen (secondary N) is 1. The molecule has 0 saturated carbocycles. The van der Waals surface area contributed by atoms with E-state index in [1.807, 2.05) is 60.7 Å². The van der Waals surface area contributed by atoms with Crippen molar-refractivity contribution in [2.24, 2.45) is 5.92 Å². The first-order valence-electron chi connectivity index (χ1n) is 16.1. The maximum absolute atomic E-state index is 13.6. The van der Waals surface area contributed by atoms with Gasteiger partial charge in [-0.25, -0.2) is 0 Å². The first-order valence-corrected chi connectivity index (χ1v) is 16.1. The Bertz CT molecular complexity index is 1790. The zero-order chi connectivity index (χ0) is 30.6. The van der Waals surface area contributed by atoms with Gasteiger partial charge >= 0.3 is 0 Å². The third-order valence-corrected chi connectivity index (χ3v) is 9.55. The van der Waals surface area contributed by atoms with Gasteiger partial charge in [-0.1, -0.05) is 115 Å². The average Bonchev–Trinajstić information content (AvgIpc) is 3.48. The average molecular weight is 591 g/mol. The van der Waals surface area contributed by atoms with Crippen molar-refractivity contribution in [1.82, 2.24) is 5.32 Å². The van der Waals surface area contributed by atoms with Gasteiger partial charge in [-0.3, -0.25) is 9.59 Å². The van der Waals surface area contributed by atoms with Crippen molar-refractivity contribution < 1.29 is 9.59 Å². The molecule has 1 unspecified atom stereocenters. The molecule has 4 heteroatoms. The van der Waals surface area contributed by atoms with Gasteiger partial charge in [0.1, 0.15) is 0 Å². The number of ketones is 1. The molecule has 1 amide bonds. The smallest absolute Gasteiger partial charge is 0.228 e. The van der Waals surface area contributed by atoms with Gasteiger partial charge in [0, 0.05) is 37.3 Å². The molecule has 4 nitrogen and oxygen atoms in total.